The second-order valence-electron chi connectivity index (χ2n) is 16.4. The number of benzene rings is 2. The third-order valence-electron chi connectivity index (χ3n) is 9.89. The number of aromatic hydroxyl groups is 1. The Kier molecular flexibility index (Phi) is 12.5. The van der Waals surface area contributed by atoms with Gasteiger partial charge in [0, 0.05) is 18.9 Å². The van der Waals surface area contributed by atoms with E-state index in [4.69, 9.17) is 9.16 Å². The van der Waals surface area contributed by atoms with Crippen molar-refractivity contribution < 1.29 is 29.0 Å². The molecule has 2 aromatic carbocycles. The second-order valence-corrected chi connectivity index (χ2v) is 18.5. The maximum Gasteiger partial charge on any atom is 0.407 e. The number of ether oxygens (including phenoxy) is 1. The van der Waals surface area contributed by atoms with Crippen molar-refractivity contribution in [3.8, 4) is 5.75 Å². The zero-order valence-electron chi connectivity index (χ0n) is 30.4. The van der Waals surface area contributed by atoms with Crippen LogP contribution in [0.25, 0.3) is 0 Å². The molecule has 0 saturated heterocycles. The molecule has 0 bridgehead atoms. The summed E-state index contributed by atoms with van der Waals surface area (Å²) in [5.74, 6) is 0.173. The average Bonchev–Trinajstić information content (AvgIpc) is 3.29. The van der Waals surface area contributed by atoms with Crippen molar-refractivity contribution in [1.29, 1.82) is 0 Å². The number of aliphatic hydroxyl groups is 1. The minimum Gasteiger partial charge on any atom is -0.508 e. The van der Waals surface area contributed by atoms with E-state index >= 15 is 0 Å². The Morgan fingerprint density at radius 1 is 0.958 bits per heavy atom. The number of rotatable bonds is 12. The number of carbonyl (C=O) groups excluding carboxylic acids is 2. The van der Waals surface area contributed by atoms with Crippen LogP contribution in [0, 0.1) is 17.3 Å². The van der Waals surface area contributed by atoms with E-state index in [1.165, 1.54) is 19.3 Å². The highest BCUT2D eigenvalue weighted by Crippen LogP contribution is 2.43. The summed E-state index contributed by atoms with van der Waals surface area (Å²) in [7, 11) is -1.44. The van der Waals surface area contributed by atoms with Gasteiger partial charge in [-0.05, 0) is 92.8 Å². The molecule has 4 rings (SSSR count). The van der Waals surface area contributed by atoms with Crippen LogP contribution in [0.1, 0.15) is 109 Å². The minimum atomic E-state index is -1.44. The number of phenolic OH excluding ortho intramolecular Hbond substituents is 1. The number of hydrogen-bond donors (Lipinski definition) is 4. The van der Waals surface area contributed by atoms with E-state index in [-0.39, 0.29) is 35.5 Å². The number of fused-ring (bicyclic) bond motifs is 1. The fraction of sp³-hybridized carbons (Fsp3) is 0.641. The first kappa shape index (κ1) is 37.9. The summed E-state index contributed by atoms with van der Waals surface area (Å²) in [6.45, 7) is 16.2. The number of phenols is 1. The normalized spacial score (nSPS) is 21.2. The standard InChI is InChI=1S/C39H59N2O6Si/c1-37(2,3)31(32(22-26-14-10-9-11-15-26)40-36(45)46-38(4,5)6)25-39(47-48(7)8,24-27-18-20-29(42)21-19-27)35(44)41-34-30-17-13-12-16-28(30)23-33(34)43/h12-13,16-21,26,31-34,42-43H,9-11,14-15,22-25H2,1-8H3,(H,40,45)(H,41,44)/t31-,32+,33-,34+,39+/m1/s1. The molecule has 2 amide bonds. The molecule has 265 valence electrons. The molecule has 0 spiro atoms. The lowest BCUT2D eigenvalue weighted by molar-refractivity contribution is -0.142. The summed E-state index contributed by atoms with van der Waals surface area (Å²) in [5, 5.41) is 27.8. The largest absolute Gasteiger partial charge is 0.508 e. The van der Waals surface area contributed by atoms with Crippen LogP contribution >= 0.6 is 0 Å². The summed E-state index contributed by atoms with van der Waals surface area (Å²) in [4.78, 5) is 28.4. The highest BCUT2D eigenvalue weighted by atomic mass is 28.3. The molecule has 4 N–H and O–H groups in total. The van der Waals surface area contributed by atoms with E-state index in [2.05, 4.69) is 31.4 Å². The van der Waals surface area contributed by atoms with Crippen molar-refractivity contribution in [2.24, 2.45) is 17.3 Å². The Morgan fingerprint density at radius 3 is 2.21 bits per heavy atom. The van der Waals surface area contributed by atoms with E-state index in [0.717, 1.165) is 36.0 Å². The smallest absolute Gasteiger partial charge is 0.407 e. The van der Waals surface area contributed by atoms with E-state index in [1.807, 2.05) is 70.3 Å². The Labute approximate surface area is 290 Å². The summed E-state index contributed by atoms with van der Waals surface area (Å²) in [6.07, 6.45) is 6.52. The lowest BCUT2D eigenvalue weighted by atomic mass is 9.67. The zero-order valence-corrected chi connectivity index (χ0v) is 31.4. The van der Waals surface area contributed by atoms with Gasteiger partial charge >= 0.3 is 6.09 Å². The van der Waals surface area contributed by atoms with Crippen molar-refractivity contribution in [3.05, 3.63) is 65.2 Å². The van der Waals surface area contributed by atoms with Gasteiger partial charge in [-0.3, -0.25) is 4.79 Å². The van der Waals surface area contributed by atoms with Crippen LogP contribution in [0.3, 0.4) is 0 Å². The molecular formula is C39H59N2O6Si. The van der Waals surface area contributed by atoms with Crippen LogP contribution in [0.4, 0.5) is 4.79 Å². The molecule has 0 aliphatic heterocycles. The molecule has 1 saturated carbocycles. The van der Waals surface area contributed by atoms with Crippen LogP contribution in [0.5, 0.6) is 5.75 Å². The molecule has 1 radical (unpaired) electrons. The Hall–Kier alpha value is -2.88. The van der Waals surface area contributed by atoms with Gasteiger partial charge in [0.05, 0.1) is 12.1 Å². The molecule has 9 heteroatoms. The fourth-order valence-corrected chi connectivity index (χ4v) is 8.73. The van der Waals surface area contributed by atoms with Crippen molar-refractivity contribution >= 4 is 21.0 Å². The number of carbonyl (C=O) groups is 2. The van der Waals surface area contributed by atoms with Gasteiger partial charge < -0.3 is 30.0 Å². The first-order valence-corrected chi connectivity index (χ1v) is 20.2. The molecule has 2 aromatic rings. The Morgan fingerprint density at radius 2 is 1.60 bits per heavy atom. The lowest BCUT2D eigenvalue weighted by Gasteiger charge is -2.45. The molecule has 48 heavy (non-hydrogen) atoms. The van der Waals surface area contributed by atoms with Crippen LogP contribution in [0.2, 0.25) is 13.1 Å². The van der Waals surface area contributed by atoms with Crippen molar-refractivity contribution in [2.75, 3.05) is 0 Å². The van der Waals surface area contributed by atoms with Gasteiger partial charge in [0.15, 0.2) is 0 Å². The quantitative estimate of drug-likeness (QED) is 0.172. The zero-order chi connectivity index (χ0) is 35.3. The first-order chi connectivity index (χ1) is 22.5. The van der Waals surface area contributed by atoms with E-state index in [1.54, 1.807) is 12.1 Å². The van der Waals surface area contributed by atoms with Gasteiger partial charge in [-0.2, -0.15) is 0 Å². The van der Waals surface area contributed by atoms with Crippen molar-refractivity contribution in [3.63, 3.8) is 0 Å². The molecule has 5 atom stereocenters. The highest BCUT2D eigenvalue weighted by molar-refractivity contribution is 6.48. The number of nitrogens with one attached hydrogen (secondary N) is 2. The van der Waals surface area contributed by atoms with E-state index in [9.17, 15) is 19.8 Å². The Balaban J connectivity index is 1.79. The van der Waals surface area contributed by atoms with Crippen LogP contribution in [-0.4, -0.2) is 54.6 Å². The number of hydrogen-bond acceptors (Lipinski definition) is 6. The van der Waals surface area contributed by atoms with E-state index in [0.29, 0.717) is 18.8 Å². The first-order valence-electron chi connectivity index (χ1n) is 17.8. The third-order valence-corrected chi connectivity index (χ3v) is 10.7. The second kappa shape index (κ2) is 15.8. The van der Waals surface area contributed by atoms with Gasteiger partial charge in [-0.1, -0.05) is 89.3 Å². The molecule has 8 nitrogen and oxygen atoms in total. The SMILES string of the molecule is C[Si](C)O[C@@](Cc1ccc(O)cc1)(C[C@H]([C@H](CC1CCCCC1)NC(=O)OC(C)(C)C)C(C)(C)C)C(=O)N[C@H]1c2ccccc2C[C@H]1O. The summed E-state index contributed by atoms with van der Waals surface area (Å²) in [6, 6.07) is 14.0. The average molecular weight is 680 g/mol. The van der Waals surface area contributed by atoms with Gasteiger partial charge in [-0.15, -0.1) is 0 Å². The predicted octanol–water partition coefficient (Wildman–Crippen LogP) is 7.63. The fourth-order valence-electron chi connectivity index (χ4n) is 7.70. The number of amides is 2. The minimum absolute atomic E-state index is 0.151. The lowest BCUT2D eigenvalue weighted by Crippen LogP contribution is -2.58. The van der Waals surface area contributed by atoms with Gasteiger partial charge in [0.1, 0.15) is 17.0 Å². The van der Waals surface area contributed by atoms with Crippen LogP contribution < -0.4 is 10.6 Å². The molecule has 0 aromatic heterocycles. The number of alkyl carbamates (subject to hydrolysis) is 1. The molecule has 1 fully saturated rings. The molecule has 0 heterocycles. The summed E-state index contributed by atoms with van der Waals surface area (Å²) in [5.41, 5.74) is 0.510. The van der Waals surface area contributed by atoms with Gasteiger partial charge in [0.25, 0.3) is 5.91 Å². The monoisotopic (exact) mass is 679 g/mol. The summed E-state index contributed by atoms with van der Waals surface area (Å²) < 4.78 is 12.7. The molecule has 0 unspecified atom stereocenters. The van der Waals surface area contributed by atoms with Crippen molar-refractivity contribution in [2.45, 2.75) is 142 Å². The van der Waals surface area contributed by atoms with Crippen molar-refractivity contribution in [1.82, 2.24) is 10.6 Å². The van der Waals surface area contributed by atoms with Crippen LogP contribution in [0.15, 0.2) is 48.5 Å². The third kappa shape index (κ3) is 10.3. The summed E-state index contributed by atoms with van der Waals surface area (Å²) >= 11 is 0. The predicted molar refractivity (Wildman–Crippen MR) is 192 cm³/mol. The maximum atomic E-state index is 15.0. The highest BCUT2D eigenvalue weighted by Gasteiger charge is 2.49. The number of aliphatic hydroxyl groups excluding tert-OH is 1. The maximum absolute atomic E-state index is 15.0. The van der Waals surface area contributed by atoms with Crippen LogP contribution in [-0.2, 0) is 26.8 Å². The molecular weight excluding hydrogens is 621 g/mol. The van der Waals surface area contributed by atoms with Gasteiger partial charge in [-0.25, -0.2) is 4.79 Å². The Bertz CT molecular complexity index is 1360. The molecule has 2 aliphatic rings. The van der Waals surface area contributed by atoms with Gasteiger partial charge in [0.2, 0.25) is 9.04 Å². The molecule has 2 aliphatic carbocycles. The topological polar surface area (TPSA) is 117 Å². The van der Waals surface area contributed by atoms with E-state index < -0.39 is 38.5 Å².